The van der Waals surface area contributed by atoms with E-state index in [2.05, 4.69) is 55.3 Å². The van der Waals surface area contributed by atoms with Crippen molar-refractivity contribution in [2.24, 2.45) is 5.41 Å². The third-order valence-corrected chi connectivity index (χ3v) is 3.58. The molecular formula is C16H28N2O. The third-order valence-electron chi connectivity index (χ3n) is 3.58. The summed E-state index contributed by atoms with van der Waals surface area (Å²) in [6.07, 6.45) is 0.826. The minimum atomic E-state index is 0.132. The molecule has 1 atom stereocenters. The van der Waals surface area contributed by atoms with Crippen molar-refractivity contribution in [3.63, 3.8) is 0 Å². The Morgan fingerprint density at radius 2 is 1.79 bits per heavy atom. The molecule has 108 valence electrons. The lowest BCUT2D eigenvalue weighted by Gasteiger charge is -2.26. The smallest absolute Gasteiger partial charge is 0.0436 e. The summed E-state index contributed by atoms with van der Waals surface area (Å²) in [5.74, 6) is 0. The van der Waals surface area contributed by atoms with Crippen molar-refractivity contribution < 1.29 is 5.11 Å². The van der Waals surface area contributed by atoms with Crippen molar-refractivity contribution in [2.45, 2.75) is 33.2 Å². The Morgan fingerprint density at radius 1 is 1.21 bits per heavy atom. The molecule has 0 aromatic heterocycles. The van der Waals surface area contributed by atoms with Crippen LogP contribution in [0.5, 0.6) is 0 Å². The number of nitrogens with one attached hydrogen (secondary N) is 1. The van der Waals surface area contributed by atoms with Gasteiger partial charge in [-0.1, -0.05) is 26.0 Å². The molecule has 0 heterocycles. The Hall–Kier alpha value is -1.06. The summed E-state index contributed by atoms with van der Waals surface area (Å²) < 4.78 is 0. The molecule has 0 aliphatic rings. The normalized spacial score (nSPS) is 13.4. The van der Waals surface area contributed by atoms with Gasteiger partial charge in [0.15, 0.2) is 0 Å². The molecule has 19 heavy (non-hydrogen) atoms. The summed E-state index contributed by atoms with van der Waals surface area (Å²) in [6, 6.07) is 8.96. The second kappa shape index (κ2) is 6.92. The summed E-state index contributed by atoms with van der Waals surface area (Å²) in [7, 11) is 4.10. The predicted molar refractivity (Wildman–Crippen MR) is 82.7 cm³/mol. The molecule has 3 heteroatoms. The zero-order chi connectivity index (χ0) is 14.5. The van der Waals surface area contributed by atoms with E-state index in [9.17, 15) is 0 Å². The van der Waals surface area contributed by atoms with E-state index in [1.165, 1.54) is 11.3 Å². The van der Waals surface area contributed by atoms with Gasteiger partial charge in [-0.3, -0.25) is 0 Å². The van der Waals surface area contributed by atoms with Crippen LogP contribution in [-0.2, 0) is 0 Å². The van der Waals surface area contributed by atoms with Gasteiger partial charge in [-0.25, -0.2) is 0 Å². The number of hydrogen-bond donors (Lipinski definition) is 2. The Labute approximate surface area is 117 Å². The molecule has 3 nitrogen and oxygen atoms in total. The molecule has 1 rings (SSSR count). The lowest BCUT2D eigenvalue weighted by atomic mass is 9.89. The molecule has 2 N–H and O–H groups in total. The summed E-state index contributed by atoms with van der Waals surface area (Å²) in [4.78, 5) is 2.10. The molecule has 0 amide bonds. The highest BCUT2D eigenvalue weighted by Gasteiger charge is 2.18. The summed E-state index contributed by atoms with van der Waals surface area (Å²) in [6.45, 7) is 7.70. The number of aliphatic hydroxyl groups is 1. The van der Waals surface area contributed by atoms with Gasteiger partial charge in [-0.2, -0.15) is 0 Å². The van der Waals surface area contributed by atoms with Gasteiger partial charge in [-0.15, -0.1) is 0 Å². The first-order chi connectivity index (χ1) is 8.85. The van der Waals surface area contributed by atoms with Crippen molar-refractivity contribution in [1.29, 1.82) is 0 Å². The van der Waals surface area contributed by atoms with Gasteiger partial charge in [0.05, 0.1) is 0 Å². The fraction of sp³-hybridized carbons (Fsp3) is 0.625. The van der Waals surface area contributed by atoms with Gasteiger partial charge in [0, 0.05) is 39.0 Å². The van der Waals surface area contributed by atoms with E-state index in [-0.39, 0.29) is 12.0 Å². The lowest BCUT2D eigenvalue weighted by molar-refractivity contribution is 0.204. The van der Waals surface area contributed by atoms with Crippen LogP contribution in [0, 0.1) is 5.41 Å². The quantitative estimate of drug-likeness (QED) is 0.795. The first kappa shape index (κ1) is 16.0. The first-order valence-electron chi connectivity index (χ1n) is 6.97. The average Bonchev–Trinajstić information content (AvgIpc) is 2.36. The number of anilines is 1. The molecule has 0 aliphatic carbocycles. The SMILES string of the molecule is CC(NCC(C)(C)CCO)c1ccc(N(C)C)cc1. The van der Waals surface area contributed by atoms with E-state index in [1.54, 1.807) is 0 Å². The molecule has 0 saturated carbocycles. The minimum Gasteiger partial charge on any atom is -0.396 e. The van der Waals surface area contributed by atoms with E-state index in [0.29, 0.717) is 6.04 Å². The summed E-state index contributed by atoms with van der Waals surface area (Å²) in [5, 5.41) is 12.6. The summed E-state index contributed by atoms with van der Waals surface area (Å²) >= 11 is 0. The van der Waals surface area contributed by atoms with Gasteiger partial charge in [0.1, 0.15) is 0 Å². The molecule has 1 aromatic carbocycles. The molecule has 0 saturated heterocycles. The Bertz CT molecular complexity index is 371. The van der Waals surface area contributed by atoms with Crippen LogP contribution >= 0.6 is 0 Å². The van der Waals surface area contributed by atoms with Gasteiger partial charge >= 0.3 is 0 Å². The van der Waals surface area contributed by atoms with Crippen LogP contribution in [0.2, 0.25) is 0 Å². The van der Waals surface area contributed by atoms with E-state index >= 15 is 0 Å². The van der Waals surface area contributed by atoms with Crippen LogP contribution in [-0.4, -0.2) is 32.4 Å². The van der Waals surface area contributed by atoms with Gasteiger partial charge < -0.3 is 15.3 Å². The van der Waals surface area contributed by atoms with Gasteiger partial charge in [-0.05, 0) is 36.5 Å². The lowest BCUT2D eigenvalue weighted by Crippen LogP contribution is -2.32. The standard InChI is InChI=1S/C16H28N2O/c1-13(17-12-16(2,3)10-11-19)14-6-8-15(9-7-14)18(4)5/h6-9,13,17,19H,10-12H2,1-5H3. The Kier molecular flexibility index (Phi) is 5.83. The van der Waals surface area contributed by atoms with Crippen molar-refractivity contribution >= 4 is 5.69 Å². The highest BCUT2D eigenvalue weighted by molar-refractivity contribution is 5.46. The van der Waals surface area contributed by atoms with Crippen molar-refractivity contribution in [3.05, 3.63) is 29.8 Å². The molecular weight excluding hydrogens is 236 g/mol. The highest BCUT2D eigenvalue weighted by Crippen LogP contribution is 2.22. The van der Waals surface area contributed by atoms with E-state index < -0.39 is 0 Å². The average molecular weight is 264 g/mol. The number of rotatable bonds is 7. The van der Waals surface area contributed by atoms with Gasteiger partial charge in [0.2, 0.25) is 0 Å². The second-order valence-corrected chi connectivity index (χ2v) is 6.23. The van der Waals surface area contributed by atoms with Crippen LogP contribution in [0.4, 0.5) is 5.69 Å². The highest BCUT2D eigenvalue weighted by atomic mass is 16.3. The molecule has 1 aromatic rings. The maximum Gasteiger partial charge on any atom is 0.0436 e. The maximum absolute atomic E-state index is 9.03. The van der Waals surface area contributed by atoms with Crippen molar-refractivity contribution in [3.8, 4) is 0 Å². The van der Waals surface area contributed by atoms with Crippen molar-refractivity contribution in [2.75, 3.05) is 32.1 Å². The first-order valence-corrected chi connectivity index (χ1v) is 6.97. The van der Waals surface area contributed by atoms with Crippen LogP contribution < -0.4 is 10.2 Å². The molecule has 0 bridgehead atoms. The Balaban J connectivity index is 2.56. The number of aliphatic hydroxyl groups excluding tert-OH is 1. The maximum atomic E-state index is 9.03. The fourth-order valence-electron chi connectivity index (χ4n) is 2.00. The van der Waals surface area contributed by atoms with Crippen LogP contribution in [0.25, 0.3) is 0 Å². The number of nitrogens with zero attached hydrogens (tertiary/aromatic N) is 1. The van der Waals surface area contributed by atoms with E-state index in [4.69, 9.17) is 5.11 Å². The molecule has 0 spiro atoms. The zero-order valence-corrected chi connectivity index (χ0v) is 12.9. The molecule has 0 aliphatic heterocycles. The topological polar surface area (TPSA) is 35.5 Å². The van der Waals surface area contributed by atoms with Gasteiger partial charge in [0.25, 0.3) is 0 Å². The van der Waals surface area contributed by atoms with Crippen LogP contribution in [0.3, 0.4) is 0 Å². The second-order valence-electron chi connectivity index (χ2n) is 6.23. The molecule has 0 radical (unpaired) electrons. The van der Waals surface area contributed by atoms with E-state index in [1.807, 2.05) is 14.1 Å². The van der Waals surface area contributed by atoms with Crippen molar-refractivity contribution in [1.82, 2.24) is 5.32 Å². The largest absolute Gasteiger partial charge is 0.396 e. The summed E-state index contributed by atoms with van der Waals surface area (Å²) in [5.41, 5.74) is 2.65. The van der Waals surface area contributed by atoms with Crippen LogP contribution in [0.15, 0.2) is 24.3 Å². The monoisotopic (exact) mass is 264 g/mol. The zero-order valence-electron chi connectivity index (χ0n) is 12.9. The fourth-order valence-corrected chi connectivity index (χ4v) is 2.00. The number of hydrogen-bond acceptors (Lipinski definition) is 3. The number of benzene rings is 1. The van der Waals surface area contributed by atoms with Crippen LogP contribution in [0.1, 0.15) is 38.8 Å². The predicted octanol–water partition coefficient (Wildman–Crippen LogP) is 2.81. The molecule has 0 fully saturated rings. The van der Waals surface area contributed by atoms with E-state index in [0.717, 1.165) is 13.0 Å². The molecule has 1 unspecified atom stereocenters. The minimum absolute atomic E-state index is 0.132. The third kappa shape index (κ3) is 5.21. The Morgan fingerprint density at radius 3 is 2.26 bits per heavy atom.